The molecule has 0 saturated carbocycles. The van der Waals surface area contributed by atoms with Gasteiger partial charge in [-0.15, -0.1) is 0 Å². The van der Waals surface area contributed by atoms with Gasteiger partial charge in [0.25, 0.3) is 0 Å². The van der Waals surface area contributed by atoms with Crippen LogP contribution in [-0.2, 0) is 17.8 Å². The number of hydrogen-bond acceptors (Lipinski definition) is 2. The van der Waals surface area contributed by atoms with Crippen LogP contribution in [0.5, 0.6) is 0 Å². The number of aliphatic carboxylic acids is 1. The molecule has 0 saturated heterocycles. The van der Waals surface area contributed by atoms with E-state index in [1.807, 2.05) is 11.5 Å². The van der Waals surface area contributed by atoms with Gasteiger partial charge in [-0.1, -0.05) is 0 Å². The standard InChI is InChI=1S/C12H13FN2O2/c1-2-15-10-7-8(13)3-4-9(10)14-11(15)5-6-12(16)17/h3-4,7H,2,5-6H2,1H3,(H,16,17). The molecule has 0 aliphatic carbocycles. The summed E-state index contributed by atoms with van der Waals surface area (Å²) in [6.45, 7) is 2.57. The van der Waals surface area contributed by atoms with Gasteiger partial charge < -0.3 is 9.67 Å². The summed E-state index contributed by atoms with van der Waals surface area (Å²) in [4.78, 5) is 14.9. The fraction of sp³-hybridized carbons (Fsp3) is 0.333. The van der Waals surface area contributed by atoms with Crippen LogP contribution in [0.15, 0.2) is 18.2 Å². The number of nitrogens with zero attached hydrogens (tertiary/aromatic N) is 2. The van der Waals surface area contributed by atoms with Crippen molar-refractivity contribution in [3.05, 3.63) is 29.8 Å². The highest BCUT2D eigenvalue weighted by Gasteiger charge is 2.11. The van der Waals surface area contributed by atoms with E-state index in [1.165, 1.54) is 12.1 Å². The first-order valence-corrected chi connectivity index (χ1v) is 5.48. The van der Waals surface area contributed by atoms with Gasteiger partial charge in [0.15, 0.2) is 0 Å². The van der Waals surface area contributed by atoms with Crippen molar-refractivity contribution in [1.29, 1.82) is 0 Å². The average Bonchev–Trinajstić information content (AvgIpc) is 2.63. The summed E-state index contributed by atoms with van der Waals surface area (Å²) in [5.41, 5.74) is 1.42. The molecule has 0 aliphatic heterocycles. The summed E-state index contributed by atoms with van der Waals surface area (Å²) < 4.78 is 15.0. The van der Waals surface area contributed by atoms with E-state index in [2.05, 4.69) is 4.98 Å². The quantitative estimate of drug-likeness (QED) is 0.885. The summed E-state index contributed by atoms with van der Waals surface area (Å²) in [5.74, 6) is -0.474. The molecule has 4 nitrogen and oxygen atoms in total. The summed E-state index contributed by atoms with van der Waals surface area (Å²) in [5, 5.41) is 8.66. The van der Waals surface area contributed by atoms with E-state index in [4.69, 9.17) is 5.11 Å². The van der Waals surface area contributed by atoms with Crippen molar-refractivity contribution in [2.24, 2.45) is 0 Å². The van der Waals surface area contributed by atoms with Gasteiger partial charge in [-0.05, 0) is 25.1 Å². The number of carbonyl (C=O) groups is 1. The summed E-state index contributed by atoms with van der Waals surface area (Å²) in [7, 11) is 0. The minimum Gasteiger partial charge on any atom is -0.481 e. The number of halogens is 1. The number of aromatic nitrogens is 2. The Bertz CT molecular complexity index is 563. The molecule has 0 aliphatic rings. The van der Waals surface area contributed by atoms with Gasteiger partial charge in [-0.2, -0.15) is 0 Å². The normalized spacial score (nSPS) is 10.9. The number of rotatable bonds is 4. The predicted molar refractivity (Wildman–Crippen MR) is 61.3 cm³/mol. The molecule has 17 heavy (non-hydrogen) atoms. The third-order valence-electron chi connectivity index (χ3n) is 2.67. The maximum absolute atomic E-state index is 13.1. The second kappa shape index (κ2) is 4.53. The summed E-state index contributed by atoms with van der Waals surface area (Å²) >= 11 is 0. The molecule has 0 bridgehead atoms. The zero-order valence-electron chi connectivity index (χ0n) is 9.48. The molecule has 0 spiro atoms. The molecule has 0 unspecified atom stereocenters. The maximum Gasteiger partial charge on any atom is 0.303 e. The van der Waals surface area contributed by atoms with E-state index in [1.54, 1.807) is 6.07 Å². The SMILES string of the molecule is CCn1c(CCC(=O)O)nc2ccc(F)cc21. The second-order valence-corrected chi connectivity index (χ2v) is 3.80. The molecular weight excluding hydrogens is 223 g/mol. The van der Waals surface area contributed by atoms with Crippen LogP contribution in [0.2, 0.25) is 0 Å². The van der Waals surface area contributed by atoms with Crippen molar-refractivity contribution in [1.82, 2.24) is 9.55 Å². The molecule has 1 aromatic carbocycles. The lowest BCUT2D eigenvalue weighted by Gasteiger charge is -2.04. The van der Waals surface area contributed by atoms with Crippen LogP contribution >= 0.6 is 0 Å². The van der Waals surface area contributed by atoms with E-state index in [-0.39, 0.29) is 12.2 Å². The molecule has 2 rings (SSSR count). The van der Waals surface area contributed by atoms with E-state index in [9.17, 15) is 9.18 Å². The van der Waals surface area contributed by atoms with E-state index < -0.39 is 5.97 Å². The first kappa shape index (κ1) is 11.6. The topological polar surface area (TPSA) is 55.1 Å². The van der Waals surface area contributed by atoms with E-state index in [0.29, 0.717) is 29.8 Å². The Labute approximate surface area is 97.7 Å². The van der Waals surface area contributed by atoms with Crippen molar-refractivity contribution < 1.29 is 14.3 Å². The minimum atomic E-state index is -0.856. The smallest absolute Gasteiger partial charge is 0.303 e. The highest BCUT2D eigenvalue weighted by molar-refractivity contribution is 5.76. The number of benzene rings is 1. The van der Waals surface area contributed by atoms with Crippen LogP contribution < -0.4 is 0 Å². The van der Waals surface area contributed by atoms with Crippen LogP contribution in [0.3, 0.4) is 0 Å². The molecule has 90 valence electrons. The second-order valence-electron chi connectivity index (χ2n) is 3.80. The van der Waals surface area contributed by atoms with Gasteiger partial charge in [0, 0.05) is 13.0 Å². The zero-order valence-corrected chi connectivity index (χ0v) is 9.48. The Balaban J connectivity index is 2.45. The van der Waals surface area contributed by atoms with Crippen LogP contribution in [-0.4, -0.2) is 20.6 Å². The van der Waals surface area contributed by atoms with E-state index >= 15 is 0 Å². The first-order valence-electron chi connectivity index (χ1n) is 5.48. The minimum absolute atomic E-state index is 0.0335. The molecule has 0 fully saturated rings. The molecule has 1 heterocycles. The zero-order chi connectivity index (χ0) is 12.4. The first-order chi connectivity index (χ1) is 8.11. The Morgan fingerprint density at radius 2 is 2.29 bits per heavy atom. The molecule has 1 aromatic heterocycles. The Morgan fingerprint density at radius 3 is 2.94 bits per heavy atom. The lowest BCUT2D eigenvalue weighted by molar-refractivity contribution is -0.137. The van der Waals surface area contributed by atoms with E-state index in [0.717, 1.165) is 0 Å². The van der Waals surface area contributed by atoms with Crippen molar-refractivity contribution >= 4 is 17.0 Å². The van der Waals surface area contributed by atoms with Crippen molar-refractivity contribution in [2.75, 3.05) is 0 Å². The molecular formula is C12H13FN2O2. The van der Waals surface area contributed by atoms with Gasteiger partial charge in [-0.3, -0.25) is 4.79 Å². The molecule has 1 N–H and O–H groups in total. The number of aryl methyl sites for hydroxylation is 2. The maximum atomic E-state index is 13.1. The number of carboxylic acid groups (broad SMARTS) is 1. The third-order valence-corrected chi connectivity index (χ3v) is 2.67. The van der Waals surface area contributed by atoms with Gasteiger partial charge in [0.05, 0.1) is 17.5 Å². The fourth-order valence-corrected chi connectivity index (χ4v) is 1.91. The number of imidazole rings is 1. The number of hydrogen-bond donors (Lipinski definition) is 1. The molecule has 0 amide bonds. The predicted octanol–water partition coefficient (Wildman–Crippen LogP) is 2.21. The van der Waals surface area contributed by atoms with Crippen LogP contribution in [0.4, 0.5) is 4.39 Å². The summed E-state index contributed by atoms with van der Waals surface area (Å²) in [6.07, 6.45) is 0.394. The molecule has 5 heteroatoms. The molecule has 0 radical (unpaired) electrons. The van der Waals surface area contributed by atoms with Gasteiger partial charge >= 0.3 is 5.97 Å². The third kappa shape index (κ3) is 2.27. The molecule has 2 aromatic rings. The van der Waals surface area contributed by atoms with Crippen molar-refractivity contribution in [3.63, 3.8) is 0 Å². The molecule has 0 atom stereocenters. The average molecular weight is 236 g/mol. The van der Waals surface area contributed by atoms with Crippen molar-refractivity contribution in [3.8, 4) is 0 Å². The van der Waals surface area contributed by atoms with Gasteiger partial charge in [0.2, 0.25) is 0 Å². The summed E-state index contributed by atoms with van der Waals surface area (Å²) in [6, 6.07) is 4.40. The van der Waals surface area contributed by atoms with Gasteiger partial charge in [0.1, 0.15) is 11.6 Å². The largest absolute Gasteiger partial charge is 0.481 e. The highest BCUT2D eigenvalue weighted by atomic mass is 19.1. The Hall–Kier alpha value is -1.91. The lowest BCUT2D eigenvalue weighted by Crippen LogP contribution is -2.05. The van der Waals surface area contributed by atoms with Crippen LogP contribution in [0.1, 0.15) is 19.2 Å². The Morgan fingerprint density at radius 1 is 1.53 bits per heavy atom. The lowest BCUT2D eigenvalue weighted by atomic mass is 10.3. The fourth-order valence-electron chi connectivity index (χ4n) is 1.91. The Kier molecular flexibility index (Phi) is 3.08. The number of carboxylic acids is 1. The van der Waals surface area contributed by atoms with Gasteiger partial charge in [-0.25, -0.2) is 9.37 Å². The number of fused-ring (bicyclic) bond motifs is 1. The monoisotopic (exact) mass is 236 g/mol. The van der Waals surface area contributed by atoms with Crippen LogP contribution in [0, 0.1) is 5.82 Å². The van der Waals surface area contributed by atoms with Crippen LogP contribution in [0.25, 0.3) is 11.0 Å². The highest BCUT2D eigenvalue weighted by Crippen LogP contribution is 2.18. The van der Waals surface area contributed by atoms with Crippen molar-refractivity contribution in [2.45, 2.75) is 26.3 Å².